The van der Waals surface area contributed by atoms with Crippen LogP contribution < -0.4 is 10.8 Å². The van der Waals surface area contributed by atoms with Crippen molar-refractivity contribution in [3.63, 3.8) is 0 Å². The Morgan fingerprint density at radius 2 is 1.74 bits per heavy atom. The number of benzene rings is 1. The van der Waals surface area contributed by atoms with Gasteiger partial charge < -0.3 is 10.4 Å². The molecular weight excluding hydrogens is 448 g/mol. The first-order valence-corrected chi connectivity index (χ1v) is 10.8. The molecule has 0 bridgehead atoms. The second-order valence-corrected chi connectivity index (χ2v) is 7.62. The van der Waals surface area contributed by atoms with E-state index in [4.69, 9.17) is 0 Å². The highest BCUT2D eigenvalue weighted by molar-refractivity contribution is 5.97. The average Bonchev–Trinajstić information content (AvgIpc) is 3.39. The van der Waals surface area contributed by atoms with Crippen LogP contribution in [0.3, 0.4) is 0 Å². The fourth-order valence-electron chi connectivity index (χ4n) is 3.55. The van der Waals surface area contributed by atoms with Gasteiger partial charge in [0, 0.05) is 18.6 Å². The number of pyridine rings is 2. The van der Waals surface area contributed by atoms with E-state index in [2.05, 4.69) is 30.7 Å². The van der Waals surface area contributed by atoms with Gasteiger partial charge in [0.1, 0.15) is 5.69 Å². The summed E-state index contributed by atoms with van der Waals surface area (Å²) < 4.78 is 1.49. The smallest absolute Gasteiger partial charge is 0.274 e. The van der Waals surface area contributed by atoms with E-state index in [0.717, 1.165) is 5.56 Å². The van der Waals surface area contributed by atoms with Gasteiger partial charge in [-0.25, -0.2) is 15.1 Å². The molecular formula is C25H24N6O4. The van der Waals surface area contributed by atoms with Gasteiger partial charge in [-0.1, -0.05) is 36.4 Å². The van der Waals surface area contributed by atoms with Crippen molar-refractivity contribution in [3.8, 4) is 17.2 Å². The summed E-state index contributed by atoms with van der Waals surface area (Å²) in [6.45, 7) is 0. The van der Waals surface area contributed by atoms with Crippen LogP contribution in [0, 0.1) is 0 Å². The first kappa shape index (κ1) is 23.7. The van der Waals surface area contributed by atoms with Gasteiger partial charge in [0.15, 0.2) is 11.9 Å². The van der Waals surface area contributed by atoms with E-state index in [9.17, 15) is 14.7 Å². The van der Waals surface area contributed by atoms with Crippen molar-refractivity contribution < 1.29 is 19.5 Å². The van der Waals surface area contributed by atoms with Gasteiger partial charge in [0.25, 0.3) is 11.8 Å². The molecule has 10 nitrogen and oxygen atoms in total. The Kier molecular flexibility index (Phi) is 7.56. The Morgan fingerprint density at radius 3 is 2.49 bits per heavy atom. The minimum atomic E-state index is -1.56. The summed E-state index contributed by atoms with van der Waals surface area (Å²) in [4.78, 5) is 38.8. The van der Waals surface area contributed by atoms with Gasteiger partial charge in [0.05, 0.1) is 24.4 Å². The van der Waals surface area contributed by atoms with Crippen LogP contribution in [-0.4, -0.2) is 55.9 Å². The first-order valence-electron chi connectivity index (χ1n) is 10.8. The highest BCUT2D eigenvalue weighted by atomic mass is 16.6. The molecule has 0 saturated carbocycles. The summed E-state index contributed by atoms with van der Waals surface area (Å²) in [5.74, 6) is -0.998. The third-order valence-corrected chi connectivity index (χ3v) is 5.23. The van der Waals surface area contributed by atoms with Crippen molar-refractivity contribution in [2.75, 3.05) is 7.11 Å². The monoisotopic (exact) mass is 472 g/mol. The largest absolute Gasteiger partial charge is 0.381 e. The van der Waals surface area contributed by atoms with Gasteiger partial charge in [-0.05, 0) is 42.3 Å². The van der Waals surface area contributed by atoms with Crippen molar-refractivity contribution in [3.05, 3.63) is 96.4 Å². The summed E-state index contributed by atoms with van der Waals surface area (Å²) in [6.07, 6.45) is 3.57. The van der Waals surface area contributed by atoms with Crippen LogP contribution in [0.15, 0.2) is 85.3 Å². The summed E-state index contributed by atoms with van der Waals surface area (Å²) >= 11 is 0. The number of nitrogens with one attached hydrogen (secondary N) is 2. The number of carbonyl (C=O) groups is 2. The topological polar surface area (TPSA) is 131 Å². The lowest BCUT2D eigenvalue weighted by Crippen LogP contribution is -2.51. The van der Waals surface area contributed by atoms with Crippen LogP contribution >= 0.6 is 0 Å². The van der Waals surface area contributed by atoms with Crippen LogP contribution in [-0.2, 0) is 16.1 Å². The van der Waals surface area contributed by atoms with Gasteiger partial charge in [0.2, 0.25) is 0 Å². The number of rotatable bonds is 9. The van der Waals surface area contributed by atoms with E-state index in [0.29, 0.717) is 17.2 Å². The van der Waals surface area contributed by atoms with Gasteiger partial charge in [-0.3, -0.25) is 19.4 Å². The number of aliphatic hydroxyl groups is 1. The number of carbonyl (C=O) groups excluding carboxylic acids is 2. The standard InChI is InChI=1S/C25H24N6O4/c1-35-30-25(34)22(32)21(16-17-8-3-2-4-9-17)28-24(33)18-10-7-14-27-23(18)31-15-12-20(29-31)19-11-5-6-13-26-19/h2-15,21-22,32H,16H2,1H3,(H,28,33)(H,30,34). The van der Waals surface area contributed by atoms with Gasteiger partial charge >= 0.3 is 0 Å². The van der Waals surface area contributed by atoms with Crippen molar-refractivity contribution in [1.29, 1.82) is 0 Å². The summed E-state index contributed by atoms with van der Waals surface area (Å²) in [5.41, 5.74) is 4.47. The molecule has 4 aromatic rings. The second-order valence-electron chi connectivity index (χ2n) is 7.62. The quantitative estimate of drug-likeness (QED) is 0.316. The van der Waals surface area contributed by atoms with E-state index in [1.165, 1.54) is 11.8 Å². The SMILES string of the molecule is CONC(=O)C(O)C(Cc1ccccc1)NC(=O)c1cccnc1-n1ccc(-c2ccccn2)n1. The highest BCUT2D eigenvalue weighted by Crippen LogP contribution is 2.18. The number of aliphatic hydroxyl groups excluding tert-OH is 1. The van der Waals surface area contributed by atoms with Crippen molar-refractivity contribution >= 4 is 11.8 Å². The van der Waals surface area contributed by atoms with Gasteiger partial charge in [-0.15, -0.1) is 0 Å². The van der Waals surface area contributed by atoms with E-state index in [1.54, 1.807) is 36.8 Å². The summed E-state index contributed by atoms with van der Waals surface area (Å²) in [7, 11) is 1.26. The molecule has 3 aromatic heterocycles. The average molecular weight is 473 g/mol. The number of nitrogens with zero attached hydrogens (tertiary/aromatic N) is 4. The molecule has 0 fully saturated rings. The predicted octanol–water partition coefficient (Wildman–Crippen LogP) is 1.71. The van der Waals surface area contributed by atoms with Crippen LogP contribution in [0.25, 0.3) is 17.2 Å². The molecule has 0 saturated heterocycles. The van der Waals surface area contributed by atoms with E-state index in [1.807, 2.05) is 48.5 Å². The Labute approximate surface area is 201 Å². The molecule has 0 aliphatic carbocycles. The molecule has 3 N–H and O–H groups in total. The fourth-order valence-corrected chi connectivity index (χ4v) is 3.55. The van der Waals surface area contributed by atoms with Crippen molar-refractivity contribution in [2.24, 2.45) is 0 Å². The molecule has 3 heterocycles. The zero-order valence-electron chi connectivity index (χ0n) is 18.9. The third kappa shape index (κ3) is 5.75. The Morgan fingerprint density at radius 1 is 0.971 bits per heavy atom. The molecule has 0 aliphatic heterocycles. The van der Waals surface area contributed by atoms with E-state index >= 15 is 0 Å². The number of hydroxylamine groups is 1. The molecule has 1 aromatic carbocycles. The highest BCUT2D eigenvalue weighted by Gasteiger charge is 2.29. The number of aromatic nitrogens is 4. The Balaban J connectivity index is 1.60. The molecule has 0 aliphatic rings. The number of hydrogen-bond donors (Lipinski definition) is 3. The number of hydrogen-bond acceptors (Lipinski definition) is 7. The van der Waals surface area contributed by atoms with E-state index in [-0.39, 0.29) is 12.0 Å². The van der Waals surface area contributed by atoms with Crippen LogP contribution in [0.5, 0.6) is 0 Å². The van der Waals surface area contributed by atoms with Crippen LogP contribution in [0.2, 0.25) is 0 Å². The van der Waals surface area contributed by atoms with Crippen LogP contribution in [0.1, 0.15) is 15.9 Å². The normalized spacial score (nSPS) is 12.5. The summed E-state index contributed by atoms with van der Waals surface area (Å²) in [5, 5.41) is 17.9. The zero-order chi connectivity index (χ0) is 24.6. The zero-order valence-corrected chi connectivity index (χ0v) is 18.9. The molecule has 178 valence electrons. The lowest BCUT2D eigenvalue weighted by molar-refractivity contribution is -0.141. The maximum Gasteiger partial charge on any atom is 0.274 e. The van der Waals surface area contributed by atoms with E-state index < -0.39 is 24.0 Å². The lowest BCUT2D eigenvalue weighted by Gasteiger charge is -2.24. The maximum atomic E-state index is 13.3. The molecule has 2 amide bonds. The molecule has 10 heteroatoms. The third-order valence-electron chi connectivity index (χ3n) is 5.23. The van der Waals surface area contributed by atoms with Crippen LogP contribution in [0.4, 0.5) is 0 Å². The molecule has 0 spiro atoms. The minimum Gasteiger partial charge on any atom is -0.381 e. The van der Waals surface area contributed by atoms with Gasteiger partial charge in [-0.2, -0.15) is 5.10 Å². The summed E-state index contributed by atoms with van der Waals surface area (Å²) in [6, 6.07) is 18.8. The first-order chi connectivity index (χ1) is 17.1. The molecule has 4 rings (SSSR count). The fraction of sp³-hybridized carbons (Fsp3) is 0.160. The van der Waals surface area contributed by atoms with Crippen molar-refractivity contribution in [2.45, 2.75) is 18.6 Å². The Hall–Kier alpha value is -4.41. The predicted molar refractivity (Wildman–Crippen MR) is 127 cm³/mol. The molecule has 2 atom stereocenters. The lowest BCUT2D eigenvalue weighted by atomic mass is 10.00. The molecule has 0 radical (unpaired) electrons. The maximum absolute atomic E-state index is 13.3. The molecule has 2 unspecified atom stereocenters. The number of amides is 2. The molecule has 35 heavy (non-hydrogen) atoms. The minimum absolute atomic E-state index is 0.214. The van der Waals surface area contributed by atoms with Crippen molar-refractivity contribution in [1.82, 2.24) is 30.5 Å². The Bertz CT molecular complexity index is 1280. The second kappa shape index (κ2) is 11.1.